The second-order valence-electron chi connectivity index (χ2n) is 12.9. The molecule has 0 radical (unpaired) electrons. The minimum absolute atomic E-state index is 0.0668. The molecule has 5 heterocycles. The number of hydrogen-bond acceptors (Lipinski definition) is 8. The number of ether oxygens (including phenoxy) is 1. The van der Waals surface area contributed by atoms with Crippen LogP contribution >= 0.6 is 23.2 Å². The van der Waals surface area contributed by atoms with Crippen LogP contribution in [0.4, 0.5) is 15.9 Å². The van der Waals surface area contributed by atoms with Crippen molar-refractivity contribution in [2.24, 2.45) is 0 Å². The molecule has 2 amide bonds. The van der Waals surface area contributed by atoms with Crippen LogP contribution in [-0.2, 0) is 22.7 Å². The Kier molecular flexibility index (Phi) is 9.43. The van der Waals surface area contributed by atoms with Crippen molar-refractivity contribution in [3.63, 3.8) is 0 Å². The van der Waals surface area contributed by atoms with Crippen LogP contribution in [0, 0.1) is 5.82 Å². The molecule has 2 aromatic carbocycles. The molecule has 4 N–H and O–H groups in total. The van der Waals surface area contributed by atoms with E-state index in [1.54, 1.807) is 37.7 Å². The van der Waals surface area contributed by atoms with Crippen LogP contribution < -0.4 is 26.0 Å². The monoisotopic (exact) mass is 703 g/mol. The molecular weight excluding hydrogens is 668 g/mol. The van der Waals surface area contributed by atoms with Crippen molar-refractivity contribution in [1.82, 2.24) is 30.8 Å². The number of rotatable bonds is 11. The highest BCUT2D eigenvalue weighted by atomic mass is 35.5. The molecule has 254 valence electrons. The molecule has 4 aromatic rings. The van der Waals surface area contributed by atoms with Crippen molar-refractivity contribution >= 4 is 46.5 Å². The van der Waals surface area contributed by atoms with Gasteiger partial charge in [-0.2, -0.15) is 0 Å². The summed E-state index contributed by atoms with van der Waals surface area (Å²) in [5, 5.41) is 13.3. The van der Waals surface area contributed by atoms with E-state index >= 15 is 4.39 Å². The Morgan fingerprint density at radius 1 is 1.00 bits per heavy atom. The smallest absolute Gasteiger partial charge is 0.220 e. The Bertz CT molecular complexity index is 1920. The van der Waals surface area contributed by atoms with Crippen LogP contribution in [0.1, 0.15) is 36.8 Å². The first kappa shape index (κ1) is 33.2. The van der Waals surface area contributed by atoms with Crippen molar-refractivity contribution in [3.8, 4) is 28.1 Å². The molecule has 13 heteroatoms. The second-order valence-corrected chi connectivity index (χ2v) is 13.6. The maximum Gasteiger partial charge on any atom is 0.220 e. The summed E-state index contributed by atoms with van der Waals surface area (Å²) in [6.07, 6.45) is 6.00. The summed E-state index contributed by atoms with van der Waals surface area (Å²) in [6, 6.07) is 14.8. The molecule has 1 unspecified atom stereocenters. The molecule has 0 saturated carbocycles. The number of methoxy groups -OCH3 is 1. The number of pyridine rings is 2. The van der Waals surface area contributed by atoms with Gasteiger partial charge in [0.15, 0.2) is 11.6 Å². The van der Waals surface area contributed by atoms with Gasteiger partial charge in [0.2, 0.25) is 11.8 Å². The van der Waals surface area contributed by atoms with Crippen LogP contribution in [0.15, 0.2) is 60.9 Å². The summed E-state index contributed by atoms with van der Waals surface area (Å²) in [7, 11) is 1.62. The topological polar surface area (TPSA) is 121 Å². The Labute approximate surface area is 293 Å². The van der Waals surface area contributed by atoms with Crippen molar-refractivity contribution in [1.29, 1.82) is 0 Å². The van der Waals surface area contributed by atoms with E-state index in [-0.39, 0.29) is 29.2 Å². The van der Waals surface area contributed by atoms with Crippen LogP contribution in [-0.4, -0.2) is 65.0 Å². The van der Waals surface area contributed by atoms with E-state index in [4.69, 9.17) is 27.9 Å². The van der Waals surface area contributed by atoms with Gasteiger partial charge in [0, 0.05) is 91.8 Å². The van der Waals surface area contributed by atoms with Crippen molar-refractivity contribution in [3.05, 3.63) is 87.9 Å². The number of aromatic nitrogens is 2. The Morgan fingerprint density at radius 3 is 2.57 bits per heavy atom. The number of nitrogens with one attached hydrogen (secondary N) is 4. The van der Waals surface area contributed by atoms with Crippen LogP contribution in [0.25, 0.3) is 22.4 Å². The summed E-state index contributed by atoms with van der Waals surface area (Å²) < 4.78 is 21.4. The number of amides is 2. The van der Waals surface area contributed by atoms with Crippen LogP contribution in [0.2, 0.25) is 10.0 Å². The van der Waals surface area contributed by atoms with E-state index in [2.05, 4.69) is 36.1 Å². The average molecular weight is 705 g/mol. The van der Waals surface area contributed by atoms with Gasteiger partial charge in [-0.3, -0.25) is 19.5 Å². The molecule has 1 spiro atoms. The number of halogens is 3. The lowest BCUT2D eigenvalue weighted by molar-refractivity contribution is -0.121. The number of likely N-dealkylation sites (tertiary alicyclic amines) is 1. The van der Waals surface area contributed by atoms with Crippen LogP contribution in [0.3, 0.4) is 0 Å². The molecule has 3 fully saturated rings. The van der Waals surface area contributed by atoms with Gasteiger partial charge >= 0.3 is 0 Å². The van der Waals surface area contributed by atoms with E-state index in [1.807, 2.05) is 30.3 Å². The first-order valence-corrected chi connectivity index (χ1v) is 17.0. The van der Waals surface area contributed by atoms with E-state index < -0.39 is 5.82 Å². The Morgan fingerprint density at radius 2 is 1.82 bits per heavy atom. The fourth-order valence-electron chi connectivity index (χ4n) is 6.93. The quantitative estimate of drug-likeness (QED) is 0.154. The van der Waals surface area contributed by atoms with Gasteiger partial charge in [0.05, 0.1) is 34.1 Å². The van der Waals surface area contributed by atoms with E-state index in [0.717, 1.165) is 24.0 Å². The zero-order valence-electron chi connectivity index (χ0n) is 26.9. The Balaban J connectivity index is 1.07. The maximum atomic E-state index is 15.7. The molecule has 0 bridgehead atoms. The molecule has 2 aromatic heterocycles. The number of hydrogen-bond donors (Lipinski definition) is 4. The first-order valence-electron chi connectivity index (χ1n) is 16.3. The normalized spacial score (nSPS) is 18.3. The van der Waals surface area contributed by atoms with Gasteiger partial charge in [-0.1, -0.05) is 47.5 Å². The highest BCUT2D eigenvalue weighted by Crippen LogP contribution is 2.42. The lowest BCUT2D eigenvalue weighted by atomic mass is 9.88. The number of carbonyl (C=O) groups is 2. The third-order valence-electron chi connectivity index (χ3n) is 9.43. The van der Waals surface area contributed by atoms with Crippen molar-refractivity contribution < 1.29 is 18.7 Å². The summed E-state index contributed by atoms with van der Waals surface area (Å²) >= 11 is 13.9. The fourth-order valence-corrected chi connectivity index (χ4v) is 7.53. The molecule has 7 rings (SSSR count). The molecular formula is C36H36Cl2FN7O3. The van der Waals surface area contributed by atoms with Crippen LogP contribution in [0.5, 0.6) is 5.75 Å². The van der Waals surface area contributed by atoms with Gasteiger partial charge in [-0.05, 0) is 37.1 Å². The molecule has 3 aliphatic heterocycles. The molecule has 3 saturated heterocycles. The van der Waals surface area contributed by atoms with Gasteiger partial charge in [-0.25, -0.2) is 9.37 Å². The van der Waals surface area contributed by atoms with E-state index in [0.29, 0.717) is 89.4 Å². The predicted octanol–water partition coefficient (Wildman–Crippen LogP) is 5.84. The highest BCUT2D eigenvalue weighted by molar-refractivity contribution is 6.39. The lowest BCUT2D eigenvalue weighted by Crippen LogP contribution is -2.66. The number of nitrogens with zero attached hydrogens (tertiary/aromatic N) is 3. The van der Waals surface area contributed by atoms with Gasteiger partial charge in [0.1, 0.15) is 5.75 Å². The summed E-state index contributed by atoms with van der Waals surface area (Å²) in [6.45, 7) is 3.05. The lowest BCUT2D eigenvalue weighted by Gasteiger charge is -2.48. The van der Waals surface area contributed by atoms with Crippen molar-refractivity contribution in [2.45, 2.75) is 50.4 Å². The summed E-state index contributed by atoms with van der Waals surface area (Å²) in [4.78, 5) is 34.1. The molecule has 1 atom stereocenters. The fraction of sp³-hybridized carbons (Fsp3) is 0.333. The minimum Gasteiger partial charge on any atom is -0.496 e. The molecule has 49 heavy (non-hydrogen) atoms. The SMILES string of the molecule is COc1cc(-c2nccc(-c3cccc(Nc4nccc(CN5CC6(CCC(=O)N6)C5)c4F)c3Cl)c2Cl)ccc1CNCC1CCC(=O)N1. The second kappa shape index (κ2) is 13.9. The number of carbonyl (C=O) groups excluding carboxylic acids is 2. The minimum atomic E-state index is -0.456. The van der Waals surface area contributed by atoms with E-state index in [1.165, 1.54) is 0 Å². The van der Waals surface area contributed by atoms with Crippen molar-refractivity contribution in [2.75, 3.05) is 32.1 Å². The zero-order chi connectivity index (χ0) is 34.1. The zero-order valence-corrected chi connectivity index (χ0v) is 28.4. The Hall–Kier alpha value is -4.29. The van der Waals surface area contributed by atoms with Gasteiger partial charge in [-0.15, -0.1) is 0 Å². The summed E-state index contributed by atoms with van der Waals surface area (Å²) in [5.41, 5.74) is 4.41. The highest BCUT2D eigenvalue weighted by Gasteiger charge is 2.47. The largest absolute Gasteiger partial charge is 0.496 e. The first-order chi connectivity index (χ1) is 23.7. The summed E-state index contributed by atoms with van der Waals surface area (Å²) in [5.74, 6) is 0.467. The number of anilines is 2. The molecule has 3 aliphatic rings. The third-order valence-corrected chi connectivity index (χ3v) is 10.2. The predicted molar refractivity (Wildman–Crippen MR) is 187 cm³/mol. The maximum absolute atomic E-state index is 15.7. The average Bonchev–Trinajstić information content (AvgIpc) is 3.69. The van der Waals surface area contributed by atoms with Gasteiger partial charge in [0.25, 0.3) is 0 Å². The standard InChI is InChI=1S/C36H36Cl2FN7O3/c1-49-28-15-21(5-6-22(28)16-40-17-24-7-8-29(47)43-24)34-32(38)26(11-14-41-34)25-3-2-4-27(31(25)37)44-35-33(39)23(10-13-42-35)18-46-19-36(20-46)12-9-30(48)45-36/h2-6,10-11,13-15,24,40H,7-9,12,16-20H2,1H3,(H,42,44)(H,43,47)(H,45,48). The molecule has 10 nitrogen and oxygen atoms in total. The number of benzene rings is 2. The molecule has 0 aliphatic carbocycles. The third kappa shape index (κ3) is 6.94. The van der Waals surface area contributed by atoms with E-state index in [9.17, 15) is 9.59 Å². The van der Waals surface area contributed by atoms with Gasteiger partial charge < -0.3 is 26.0 Å².